The third-order valence-electron chi connectivity index (χ3n) is 3.96. The predicted molar refractivity (Wildman–Crippen MR) is 71.1 cm³/mol. The summed E-state index contributed by atoms with van der Waals surface area (Å²) in [5, 5.41) is 13.0. The lowest BCUT2D eigenvalue weighted by molar-refractivity contribution is -0.117. The van der Waals surface area contributed by atoms with E-state index in [1.807, 2.05) is 6.92 Å². The van der Waals surface area contributed by atoms with Crippen LogP contribution in [0.25, 0.3) is 0 Å². The third kappa shape index (κ3) is 3.67. The van der Waals surface area contributed by atoms with Gasteiger partial charge in [0, 0.05) is 24.1 Å². The van der Waals surface area contributed by atoms with E-state index < -0.39 is 0 Å². The molecule has 3 atom stereocenters. The van der Waals surface area contributed by atoms with E-state index in [0.29, 0.717) is 18.1 Å². The molecular weight excluding hydrogens is 214 g/mol. The van der Waals surface area contributed by atoms with Crippen molar-refractivity contribution in [2.75, 3.05) is 13.2 Å². The molecule has 0 aromatic heterocycles. The first kappa shape index (κ1) is 14.9. The maximum absolute atomic E-state index is 9.39. The normalized spacial score (nSPS) is 29.1. The second kappa shape index (κ2) is 6.17. The summed E-state index contributed by atoms with van der Waals surface area (Å²) >= 11 is 0. The van der Waals surface area contributed by atoms with Crippen LogP contribution in [0.5, 0.6) is 0 Å². The number of hydrogen-bond donors (Lipinski definition) is 2. The van der Waals surface area contributed by atoms with Crippen LogP contribution < -0.4 is 5.32 Å². The highest BCUT2D eigenvalue weighted by molar-refractivity contribution is 5.03. The van der Waals surface area contributed by atoms with Gasteiger partial charge in [-0.15, -0.1) is 0 Å². The Hall–Kier alpha value is -0.120. The summed E-state index contributed by atoms with van der Waals surface area (Å²) in [5.41, 5.74) is 0.181. The van der Waals surface area contributed by atoms with Crippen molar-refractivity contribution in [3.05, 3.63) is 0 Å². The first-order valence-corrected chi connectivity index (χ1v) is 6.90. The maximum Gasteiger partial charge on any atom is 0.0655 e. The summed E-state index contributed by atoms with van der Waals surface area (Å²) in [7, 11) is 0. The molecule has 17 heavy (non-hydrogen) atoms. The Morgan fingerprint density at radius 1 is 1.41 bits per heavy atom. The van der Waals surface area contributed by atoms with E-state index in [0.717, 1.165) is 19.4 Å². The molecule has 1 aliphatic carbocycles. The zero-order valence-corrected chi connectivity index (χ0v) is 12.0. The minimum Gasteiger partial charge on any atom is -0.395 e. The van der Waals surface area contributed by atoms with Crippen molar-refractivity contribution in [2.24, 2.45) is 11.3 Å². The monoisotopic (exact) mass is 243 g/mol. The Morgan fingerprint density at radius 3 is 2.47 bits per heavy atom. The van der Waals surface area contributed by atoms with Crippen LogP contribution in [0.2, 0.25) is 0 Å². The standard InChI is InChI=1S/C14H29NO2/c1-6-17-13-8-12(14(13,4)5)15-11(9-16)7-10(2)3/h10-13,15-16H,6-9H2,1-5H3. The van der Waals surface area contributed by atoms with Crippen molar-refractivity contribution in [3.8, 4) is 0 Å². The average molecular weight is 243 g/mol. The molecule has 1 aliphatic rings. The van der Waals surface area contributed by atoms with Gasteiger partial charge in [0.05, 0.1) is 12.7 Å². The molecule has 0 aromatic rings. The van der Waals surface area contributed by atoms with Crippen LogP contribution in [0, 0.1) is 11.3 Å². The third-order valence-corrected chi connectivity index (χ3v) is 3.96. The summed E-state index contributed by atoms with van der Waals surface area (Å²) in [4.78, 5) is 0. The van der Waals surface area contributed by atoms with Gasteiger partial charge in [-0.05, 0) is 25.7 Å². The second-order valence-corrected chi connectivity index (χ2v) is 6.23. The molecule has 1 saturated carbocycles. The molecule has 0 amide bonds. The minimum absolute atomic E-state index is 0.181. The quantitative estimate of drug-likeness (QED) is 0.720. The molecule has 3 heteroatoms. The van der Waals surface area contributed by atoms with Crippen molar-refractivity contribution < 1.29 is 9.84 Å². The molecule has 0 aliphatic heterocycles. The molecule has 0 spiro atoms. The van der Waals surface area contributed by atoms with Crippen molar-refractivity contribution in [1.82, 2.24) is 5.32 Å². The minimum atomic E-state index is 0.181. The van der Waals surface area contributed by atoms with E-state index in [4.69, 9.17) is 4.74 Å². The van der Waals surface area contributed by atoms with E-state index >= 15 is 0 Å². The molecule has 102 valence electrons. The lowest BCUT2D eigenvalue weighted by Gasteiger charge is -2.53. The molecule has 3 unspecified atom stereocenters. The Labute approximate surface area is 106 Å². The van der Waals surface area contributed by atoms with E-state index in [1.54, 1.807) is 0 Å². The van der Waals surface area contributed by atoms with Crippen LogP contribution in [-0.4, -0.2) is 36.5 Å². The molecule has 0 radical (unpaired) electrons. The smallest absolute Gasteiger partial charge is 0.0655 e. The molecule has 3 nitrogen and oxygen atoms in total. The Morgan fingerprint density at radius 2 is 2.06 bits per heavy atom. The molecule has 0 heterocycles. The molecule has 0 bridgehead atoms. The molecule has 1 fully saturated rings. The lowest BCUT2D eigenvalue weighted by atomic mass is 9.64. The van der Waals surface area contributed by atoms with Gasteiger partial charge in [0.25, 0.3) is 0 Å². The molecule has 2 N–H and O–H groups in total. The predicted octanol–water partition coefficient (Wildman–Crippen LogP) is 2.19. The molecule has 0 saturated heterocycles. The summed E-state index contributed by atoms with van der Waals surface area (Å²) in [6.45, 7) is 11.9. The van der Waals surface area contributed by atoms with Crippen LogP contribution >= 0.6 is 0 Å². The number of ether oxygens (including phenoxy) is 1. The van der Waals surface area contributed by atoms with Gasteiger partial charge >= 0.3 is 0 Å². The van der Waals surface area contributed by atoms with Crippen molar-refractivity contribution in [1.29, 1.82) is 0 Å². The molecule has 0 aromatic carbocycles. The van der Waals surface area contributed by atoms with E-state index in [2.05, 4.69) is 33.0 Å². The zero-order valence-electron chi connectivity index (χ0n) is 12.0. The second-order valence-electron chi connectivity index (χ2n) is 6.23. The van der Waals surface area contributed by atoms with Gasteiger partial charge in [-0.2, -0.15) is 0 Å². The van der Waals surface area contributed by atoms with E-state index in [9.17, 15) is 5.11 Å². The summed E-state index contributed by atoms with van der Waals surface area (Å²) in [5.74, 6) is 0.616. The molecule has 1 rings (SSSR count). The first-order chi connectivity index (χ1) is 7.91. The van der Waals surface area contributed by atoms with Gasteiger partial charge in [0.15, 0.2) is 0 Å². The number of rotatable bonds is 7. The van der Waals surface area contributed by atoms with Gasteiger partial charge in [0.1, 0.15) is 0 Å². The largest absolute Gasteiger partial charge is 0.395 e. The Kier molecular flexibility index (Phi) is 5.42. The van der Waals surface area contributed by atoms with Crippen LogP contribution in [-0.2, 0) is 4.74 Å². The van der Waals surface area contributed by atoms with Gasteiger partial charge in [-0.3, -0.25) is 0 Å². The Bertz CT molecular complexity index is 228. The van der Waals surface area contributed by atoms with Crippen molar-refractivity contribution in [2.45, 2.75) is 65.6 Å². The summed E-state index contributed by atoms with van der Waals surface area (Å²) in [6.07, 6.45) is 2.46. The fraction of sp³-hybridized carbons (Fsp3) is 1.00. The van der Waals surface area contributed by atoms with E-state index in [1.165, 1.54) is 0 Å². The highest BCUT2D eigenvalue weighted by Crippen LogP contribution is 2.43. The van der Waals surface area contributed by atoms with Crippen LogP contribution in [0.4, 0.5) is 0 Å². The maximum atomic E-state index is 9.39. The fourth-order valence-corrected chi connectivity index (χ4v) is 2.70. The van der Waals surface area contributed by atoms with Gasteiger partial charge in [0.2, 0.25) is 0 Å². The SMILES string of the molecule is CCOC1CC(NC(CO)CC(C)C)C1(C)C. The number of aliphatic hydroxyl groups excluding tert-OH is 1. The molecular formula is C14H29NO2. The van der Waals surface area contributed by atoms with Crippen LogP contribution in [0.3, 0.4) is 0 Å². The number of hydrogen-bond acceptors (Lipinski definition) is 3. The fourth-order valence-electron chi connectivity index (χ4n) is 2.70. The van der Waals surface area contributed by atoms with Gasteiger partial charge < -0.3 is 15.2 Å². The highest BCUT2D eigenvalue weighted by atomic mass is 16.5. The average Bonchev–Trinajstić information content (AvgIpc) is 2.25. The van der Waals surface area contributed by atoms with Crippen LogP contribution in [0.1, 0.15) is 47.5 Å². The summed E-state index contributed by atoms with van der Waals surface area (Å²) < 4.78 is 5.72. The van der Waals surface area contributed by atoms with Crippen molar-refractivity contribution in [3.63, 3.8) is 0 Å². The Balaban J connectivity index is 2.42. The number of aliphatic hydroxyl groups is 1. The topological polar surface area (TPSA) is 41.5 Å². The van der Waals surface area contributed by atoms with Crippen molar-refractivity contribution >= 4 is 0 Å². The van der Waals surface area contributed by atoms with Gasteiger partial charge in [-0.1, -0.05) is 27.7 Å². The van der Waals surface area contributed by atoms with E-state index in [-0.39, 0.29) is 18.1 Å². The summed E-state index contributed by atoms with van der Waals surface area (Å²) in [6, 6.07) is 0.691. The van der Waals surface area contributed by atoms with Crippen LogP contribution in [0.15, 0.2) is 0 Å². The zero-order chi connectivity index (χ0) is 13.1. The van der Waals surface area contributed by atoms with Gasteiger partial charge in [-0.25, -0.2) is 0 Å². The highest BCUT2D eigenvalue weighted by Gasteiger charge is 2.49. The number of nitrogens with one attached hydrogen (secondary N) is 1. The first-order valence-electron chi connectivity index (χ1n) is 6.90. The lowest BCUT2D eigenvalue weighted by Crippen LogP contribution is -2.63.